The van der Waals surface area contributed by atoms with Gasteiger partial charge in [-0.25, -0.2) is 0 Å². The van der Waals surface area contributed by atoms with E-state index in [1.807, 2.05) is 0 Å². The number of carbonyl (C=O) groups is 3. The van der Waals surface area contributed by atoms with Gasteiger partial charge in [-0.15, -0.1) is 0 Å². The Labute approximate surface area is 110 Å². The van der Waals surface area contributed by atoms with Gasteiger partial charge in [-0.3, -0.25) is 19.3 Å². The van der Waals surface area contributed by atoms with Gasteiger partial charge >= 0.3 is 0 Å². The lowest BCUT2D eigenvalue weighted by Crippen LogP contribution is -2.40. The van der Waals surface area contributed by atoms with Crippen molar-refractivity contribution in [2.24, 2.45) is 0 Å². The van der Waals surface area contributed by atoms with E-state index < -0.39 is 17.9 Å². The predicted octanol–water partition coefficient (Wildman–Crippen LogP) is 0.188. The summed E-state index contributed by atoms with van der Waals surface area (Å²) in [5.74, 6) is -1.06. The number of aromatic hydroxyl groups is 1. The number of carbonyl (C=O) groups excluding carboxylic acids is 3. The Kier molecular flexibility index (Phi) is 3.25. The predicted molar refractivity (Wildman–Crippen MR) is 66.5 cm³/mol. The van der Waals surface area contributed by atoms with Gasteiger partial charge in [0, 0.05) is 12.6 Å². The average Bonchev–Trinajstić information content (AvgIpc) is 2.60. The number of likely N-dealkylation sites (N-methyl/N-ethyl adjacent to an activating group) is 1. The van der Waals surface area contributed by atoms with Crippen LogP contribution < -0.4 is 5.32 Å². The van der Waals surface area contributed by atoms with Crippen molar-refractivity contribution in [1.29, 1.82) is 0 Å². The molecule has 1 unspecified atom stereocenters. The molecule has 0 aliphatic carbocycles. The van der Waals surface area contributed by atoms with Crippen molar-refractivity contribution in [1.82, 2.24) is 10.2 Å². The molecule has 19 heavy (non-hydrogen) atoms. The fourth-order valence-electron chi connectivity index (χ4n) is 1.91. The second-order valence-corrected chi connectivity index (χ2v) is 4.52. The summed E-state index contributed by atoms with van der Waals surface area (Å²) in [6.45, 7) is 1.67. The minimum atomic E-state index is -0.806. The molecule has 6 heteroatoms. The van der Waals surface area contributed by atoms with E-state index >= 15 is 0 Å². The lowest BCUT2D eigenvalue weighted by atomic mass is 10.1. The molecule has 1 aliphatic rings. The van der Waals surface area contributed by atoms with Gasteiger partial charge in [0.25, 0.3) is 11.8 Å². The Morgan fingerprint density at radius 3 is 2.63 bits per heavy atom. The van der Waals surface area contributed by atoms with Crippen molar-refractivity contribution in [2.45, 2.75) is 19.4 Å². The van der Waals surface area contributed by atoms with Crippen molar-refractivity contribution in [3.8, 4) is 5.75 Å². The topological polar surface area (TPSA) is 86.7 Å². The van der Waals surface area contributed by atoms with Crippen LogP contribution in [-0.2, 0) is 9.59 Å². The van der Waals surface area contributed by atoms with Crippen LogP contribution in [0.25, 0.3) is 0 Å². The van der Waals surface area contributed by atoms with Crippen molar-refractivity contribution in [2.75, 3.05) is 7.05 Å². The SMILES string of the molecule is Cc1cc(C(=O)NC2CC(=O)N(C)C2=O)ccc1O. The molecule has 0 radical (unpaired) electrons. The first-order chi connectivity index (χ1) is 8.90. The molecule has 0 aromatic heterocycles. The van der Waals surface area contributed by atoms with Crippen molar-refractivity contribution >= 4 is 17.7 Å². The van der Waals surface area contributed by atoms with Crippen LogP contribution in [0.5, 0.6) is 5.75 Å². The van der Waals surface area contributed by atoms with E-state index in [-0.39, 0.29) is 18.1 Å². The van der Waals surface area contributed by atoms with E-state index in [2.05, 4.69) is 5.32 Å². The quantitative estimate of drug-likeness (QED) is 0.745. The number of hydrogen-bond donors (Lipinski definition) is 2. The smallest absolute Gasteiger partial charge is 0.252 e. The Morgan fingerprint density at radius 2 is 2.11 bits per heavy atom. The Hall–Kier alpha value is -2.37. The van der Waals surface area contributed by atoms with Gasteiger partial charge in [0.15, 0.2) is 0 Å². The number of aryl methyl sites for hydroxylation is 1. The van der Waals surface area contributed by atoms with Crippen LogP contribution >= 0.6 is 0 Å². The summed E-state index contributed by atoms with van der Waals surface area (Å²) in [5, 5.41) is 11.9. The maximum atomic E-state index is 11.9. The van der Waals surface area contributed by atoms with Crippen LogP contribution in [0.1, 0.15) is 22.3 Å². The summed E-state index contributed by atoms with van der Waals surface area (Å²) in [7, 11) is 1.39. The summed E-state index contributed by atoms with van der Waals surface area (Å²) >= 11 is 0. The Balaban J connectivity index is 2.11. The van der Waals surface area contributed by atoms with Crippen LogP contribution in [0.4, 0.5) is 0 Å². The second-order valence-electron chi connectivity index (χ2n) is 4.52. The third-order valence-electron chi connectivity index (χ3n) is 3.15. The Bertz CT molecular complexity index is 568. The highest BCUT2D eigenvalue weighted by molar-refractivity contribution is 6.08. The molecule has 2 N–H and O–H groups in total. The van der Waals surface area contributed by atoms with Gasteiger partial charge < -0.3 is 10.4 Å². The standard InChI is InChI=1S/C13H14N2O4/c1-7-5-8(3-4-10(7)16)12(18)14-9-6-11(17)15(2)13(9)19/h3-5,9,16H,6H2,1-2H3,(H,14,18). The fraction of sp³-hybridized carbons (Fsp3) is 0.308. The molecule has 2 rings (SSSR count). The minimum Gasteiger partial charge on any atom is -0.508 e. The number of nitrogens with zero attached hydrogens (tertiary/aromatic N) is 1. The molecule has 0 saturated carbocycles. The van der Waals surface area contributed by atoms with Gasteiger partial charge in [-0.2, -0.15) is 0 Å². The van der Waals surface area contributed by atoms with Crippen LogP contribution in [0, 0.1) is 6.92 Å². The second kappa shape index (κ2) is 4.72. The number of phenolic OH excluding ortho intramolecular Hbond substituents is 1. The van der Waals surface area contributed by atoms with Gasteiger partial charge in [0.2, 0.25) is 5.91 Å². The number of benzene rings is 1. The maximum absolute atomic E-state index is 11.9. The molecular weight excluding hydrogens is 248 g/mol. The molecular formula is C13H14N2O4. The summed E-state index contributed by atoms with van der Waals surface area (Å²) in [6.07, 6.45) is -0.0157. The van der Waals surface area contributed by atoms with Crippen LogP contribution in [-0.4, -0.2) is 40.8 Å². The normalized spacial score (nSPS) is 18.8. The molecule has 0 bridgehead atoms. The monoisotopic (exact) mass is 262 g/mol. The first-order valence-corrected chi connectivity index (χ1v) is 5.81. The van der Waals surface area contributed by atoms with Crippen molar-refractivity contribution in [3.05, 3.63) is 29.3 Å². The van der Waals surface area contributed by atoms with E-state index in [1.54, 1.807) is 6.92 Å². The summed E-state index contributed by atoms with van der Waals surface area (Å²) in [4.78, 5) is 35.9. The first-order valence-electron chi connectivity index (χ1n) is 5.81. The third-order valence-corrected chi connectivity index (χ3v) is 3.15. The van der Waals surface area contributed by atoms with E-state index in [1.165, 1.54) is 25.2 Å². The van der Waals surface area contributed by atoms with E-state index in [0.717, 1.165) is 4.90 Å². The molecule has 3 amide bonds. The van der Waals surface area contributed by atoms with Crippen LogP contribution in [0.3, 0.4) is 0 Å². The number of hydrogen-bond acceptors (Lipinski definition) is 4. The molecule has 1 aromatic carbocycles. The van der Waals surface area contributed by atoms with Gasteiger partial charge in [-0.1, -0.05) is 0 Å². The highest BCUT2D eigenvalue weighted by Gasteiger charge is 2.37. The Morgan fingerprint density at radius 1 is 1.42 bits per heavy atom. The molecule has 1 saturated heterocycles. The lowest BCUT2D eigenvalue weighted by molar-refractivity contribution is -0.137. The van der Waals surface area contributed by atoms with E-state index in [9.17, 15) is 19.5 Å². The number of rotatable bonds is 2. The zero-order valence-electron chi connectivity index (χ0n) is 10.6. The number of amides is 3. The minimum absolute atomic E-state index is 0.0157. The van der Waals surface area contributed by atoms with Gasteiger partial charge in [-0.05, 0) is 30.7 Å². The van der Waals surface area contributed by atoms with Crippen molar-refractivity contribution in [3.63, 3.8) is 0 Å². The van der Waals surface area contributed by atoms with Crippen LogP contribution in [0.15, 0.2) is 18.2 Å². The molecule has 6 nitrogen and oxygen atoms in total. The summed E-state index contributed by atoms with van der Waals surface area (Å²) in [6, 6.07) is 3.59. The average molecular weight is 262 g/mol. The van der Waals surface area contributed by atoms with Gasteiger partial charge in [0.1, 0.15) is 11.8 Å². The number of nitrogens with one attached hydrogen (secondary N) is 1. The van der Waals surface area contributed by atoms with Crippen LogP contribution in [0.2, 0.25) is 0 Å². The fourth-order valence-corrected chi connectivity index (χ4v) is 1.91. The molecule has 1 heterocycles. The highest BCUT2D eigenvalue weighted by atomic mass is 16.3. The summed E-state index contributed by atoms with van der Waals surface area (Å²) in [5.41, 5.74) is 0.906. The molecule has 0 spiro atoms. The first kappa shape index (κ1) is 13.1. The molecule has 1 aliphatic heterocycles. The largest absolute Gasteiger partial charge is 0.508 e. The lowest BCUT2D eigenvalue weighted by Gasteiger charge is -2.11. The zero-order chi connectivity index (χ0) is 14.2. The van der Waals surface area contributed by atoms with E-state index in [0.29, 0.717) is 11.1 Å². The molecule has 1 atom stereocenters. The molecule has 1 fully saturated rings. The van der Waals surface area contributed by atoms with Crippen molar-refractivity contribution < 1.29 is 19.5 Å². The maximum Gasteiger partial charge on any atom is 0.252 e. The number of phenols is 1. The summed E-state index contributed by atoms with van der Waals surface area (Å²) < 4.78 is 0. The molecule has 1 aromatic rings. The number of imide groups is 1. The van der Waals surface area contributed by atoms with E-state index in [4.69, 9.17) is 0 Å². The third kappa shape index (κ3) is 2.42. The number of likely N-dealkylation sites (tertiary alicyclic amines) is 1. The zero-order valence-corrected chi connectivity index (χ0v) is 10.6. The molecule has 100 valence electrons. The highest BCUT2D eigenvalue weighted by Crippen LogP contribution is 2.17. The van der Waals surface area contributed by atoms with Gasteiger partial charge in [0.05, 0.1) is 6.42 Å².